The van der Waals surface area contributed by atoms with Crippen LogP contribution in [-0.4, -0.2) is 49.1 Å². The molecule has 4 saturated carbocycles. The third-order valence-electron chi connectivity index (χ3n) is 6.89. The van der Waals surface area contributed by atoms with E-state index in [1.807, 2.05) is 0 Å². The number of carbonyl (C=O) groups excluding carboxylic acids is 2. The normalized spacial score (nSPS) is 43.8. The molecule has 0 spiro atoms. The molecule has 4 bridgehead atoms. The van der Waals surface area contributed by atoms with Gasteiger partial charge in [-0.25, -0.2) is 0 Å². The van der Waals surface area contributed by atoms with Crippen molar-refractivity contribution < 1.29 is 14.3 Å². The van der Waals surface area contributed by atoms with Gasteiger partial charge in [0.1, 0.15) is 5.60 Å². The first-order valence-electron chi connectivity index (χ1n) is 9.55. The fourth-order valence-electron chi connectivity index (χ4n) is 6.49. The Labute approximate surface area is 144 Å². The second-order valence-corrected chi connectivity index (χ2v) is 9.14. The summed E-state index contributed by atoms with van der Waals surface area (Å²) in [6.07, 6.45) is 7.03. The van der Waals surface area contributed by atoms with E-state index >= 15 is 0 Å². The van der Waals surface area contributed by atoms with Crippen LogP contribution in [0.25, 0.3) is 0 Å². The van der Waals surface area contributed by atoms with Crippen LogP contribution in [0.4, 0.5) is 0 Å². The molecule has 0 aromatic heterocycles. The van der Waals surface area contributed by atoms with Gasteiger partial charge in [-0.15, -0.1) is 0 Å². The van der Waals surface area contributed by atoms with Gasteiger partial charge in [0, 0.05) is 26.4 Å². The number of nitrogens with one attached hydrogen (secondary N) is 1. The Morgan fingerprint density at radius 1 is 1.21 bits per heavy atom. The summed E-state index contributed by atoms with van der Waals surface area (Å²) in [5, 5.41) is 3.27. The van der Waals surface area contributed by atoms with Crippen molar-refractivity contribution in [2.45, 2.75) is 57.5 Å². The predicted octanol–water partition coefficient (Wildman–Crippen LogP) is 1.96. The van der Waals surface area contributed by atoms with Crippen LogP contribution in [-0.2, 0) is 14.3 Å². The van der Waals surface area contributed by atoms with Crippen molar-refractivity contribution in [1.29, 1.82) is 0 Å². The highest BCUT2D eigenvalue weighted by molar-refractivity contribution is 5.83. The van der Waals surface area contributed by atoms with Crippen LogP contribution in [0, 0.1) is 23.2 Å². The molecule has 0 aromatic rings. The minimum Gasteiger partial charge on any atom is -0.459 e. The second-order valence-electron chi connectivity index (χ2n) is 9.14. The summed E-state index contributed by atoms with van der Waals surface area (Å²) in [6, 6.07) is 0. The minimum absolute atomic E-state index is 0.193. The maximum atomic E-state index is 13.1. The summed E-state index contributed by atoms with van der Waals surface area (Å²) in [7, 11) is 2.14. The molecule has 3 atom stereocenters. The lowest BCUT2D eigenvalue weighted by Gasteiger charge is -2.60. The zero-order valence-corrected chi connectivity index (χ0v) is 15.0. The van der Waals surface area contributed by atoms with Gasteiger partial charge in [-0.2, -0.15) is 0 Å². The lowest BCUT2D eigenvalue weighted by Crippen LogP contribution is -2.61. The number of hydrogen-bond acceptors (Lipinski definition) is 4. The van der Waals surface area contributed by atoms with Crippen LogP contribution in [0.3, 0.4) is 0 Å². The van der Waals surface area contributed by atoms with E-state index in [-0.39, 0.29) is 22.9 Å². The van der Waals surface area contributed by atoms with Gasteiger partial charge in [0.25, 0.3) is 0 Å². The molecular weight excluding hydrogens is 304 g/mol. The largest absolute Gasteiger partial charge is 0.459 e. The van der Waals surface area contributed by atoms with Crippen molar-refractivity contribution in [3.63, 3.8) is 0 Å². The Bertz CT molecular complexity index is 533. The van der Waals surface area contributed by atoms with E-state index in [0.717, 1.165) is 51.7 Å². The number of hydrogen-bond donors (Lipinski definition) is 1. The topological polar surface area (TPSA) is 58.6 Å². The molecule has 0 aromatic carbocycles. The molecule has 1 N–H and O–H groups in total. The van der Waals surface area contributed by atoms with E-state index in [0.29, 0.717) is 17.8 Å². The maximum Gasteiger partial charge on any atom is 0.303 e. The van der Waals surface area contributed by atoms with Gasteiger partial charge in [0.2, 0.25) is 5.91 Å². The van der Waals surface area contributed by atoms with Crippen LogP contribution in [0.1, 0.15) is 51.9 Å². The number of carbonyl (C=O) groups is 2. The Morgan fingerprint density at radius 2 is 1.92 bits per heavy atom. The summed E-state index contributed by atoms with van der Waals surface area (Å²) in [4.78, 5) is 27.0. The molecule has 1 aliphatic heterocycles. The molecule has 1 amide bonds. The van der Waals surface area contributed by atoms with E-state index in [1.54, 1.807) is 0 Å². The molecule has 0 radical (unpaired) electrons. The van der Waals surface area contributed by atoms with Gasteiger partial charge in [0.15, 0.2) is 0 Å². The Hall–Kier alpha value is -1.10. The van der Waals surface area contributed by atoms with Gasteiger partial charge < -0.3 is 15.0 Å². The second kappa shape index (κ2) is 5.72. The molecule has 24 heavy (non-hydrogen) atoms. The number of esters is 1. The van der Waals surface area contributed by atoms with Gasteiger partial charge in [-0.3, -0.25) is 9.59 Å². The smallest absolute Gasteiger partial charge is 0.303 e. The van der Waals surface area contributed by atoms with Crippen LogP contribution in [0.15, 0.2) is 0 Å². The first-order chi connectivity index (χ1) is 11.4. The molecule has 3 unspecified atom stereocenters. The third kappa shape index (κ3) is 2.85. The highest BCUT2D eigenvalue weighted by atomic mass is 16.6. The maximum absolute atomic E-state index is 13.1. The van der Waals surface area contributed by atoms with Crippen LogP contribution < -0.4 is 5.32 Å². The summed E-state index contributed by atoms with van der Waals surface area (Å²) >= 11 is 0. The van der Waals surface area contributed by atoms with Crippen molar-refractivity contribution in [3.05, 3.63) is 0 Å². The first-order valence-corrected chi connectivity index (χ1v) is 9.55. The lowest BCUT2D eigenvalue weighted by atomic mass is 9.47. The fourth-order valence-corrected chi connectivity index (χ4v) is 6.49. The number of likely N-dealkylation sites (tertiary alicyclic amines) is 1. The highest BCUT2D eigenvalue weighted by Gasteiger charge is 2.62. The highest BCUT2D eigenvalue weighted by Crippen LogP contribution is 2.62. The zero-order valence-electron chi connectivity index (χ0n) is 15.0. The SMILES string of the molecule is CC(=O)OC12CC3CC(C1)CC(C(=O)NCC1CCN(C)C1)(C3)C2. The van der Waals surface area contributed by atoms with E-state index in [2.05, 4.69) is 17.3 Å². The monoisotopic (exact) mass is 334 g/mol. The van der Waals surface area contributed by atoms with E-state index in [1.165, 1.54) is 19.8 Å². The number of rotatable bonds is 4. The van der Waals surface area contributed by atoms with Crippen molar-refractivity contribution in [2.24, 2.45) is 23.2 Å². The quantitative estimate of drug-likeness (QED) is 0.799. The molecule has 1 heterocycles. The predicted molar refractivity (Wildman–Crippen MR) is 90.2 cm³/mol. The third-order valence-corrected chi connectivity index (χ3v) is 6.89. The zero-order chi connectivity index (χ0) is 16.9. The van der Waals surface area contributed by atoms with Crippen molar-refractivity contribution in [1.82, 2.24) is 10.2 Å². The molecule has 5 fully saturated rings. The summed E-state index contributed by atoms with van der Waals surface area (Å²) < 4.78 is 5.79. The average molecular weight is 334 g/mol. The van der Waals surface area contributed by atoms with E-state index < -0.39 is 0 Å². The minimum atomic E-state index is -0.360. The summed E-state index contributed by atoms with van der Waals surface area (Å²) in [6.45, 7) is 4.50. The molecule has 134 valence electrons. The van der Waals surface area contributed by atoms with Crippen molar-refractivity contribution >= 4 is 11.9 Å². The lowest BCUT2D eigenvalue weighted by molar-refractivity contribution is -0.202. The molecule has 5 nitrogen and oxygen atoms in total. The Morgan fingerprint density at radius 3 is 2.50 bits per heavy atom. The molecule has 4 aliphatic carbocycles. The molecular formula is C19H30N2O3. The molecule has 5 aliphatic rings. The molecule has 1 saturated heterocycles. The van der Waals surface area contributed by atoms with Gasteiger partial charge >= 0.3 is 5.97 Å². The summed E-state index contributed by atoms with van der Waals surface area (Å²) in [5.41, 5.74) is -0.648. The van der Waals surface area contributed by atoms with Crippen LogP contribution in [0.2, 0.25) is 0 Å². The number of nitrogens with zero attached hydrogens (tertiary/aromatic N) is 1. The Kier molecular flexibility index (Phi) is 3.90. The first kappa shape index (κ1) is 16.4. The van der Waals surface area contributed by atoms with Crippen LogP contribution in [0.5, 0.6) is 0 Å². The van der Waals surface area contributed by atoms with Gasteiger partial charge in [-0.1, -0.05) is 0 Å². The van der Waals surface area contributed by atoms with Gasteiger partial charge in [-0.05, 0) is 69.9 Å². The number of amides is 1. The van der Waals surface area contributed by atoms with Gasteiger partial charge in [0.05, 0.1) is 5.41 Å². The standard InChI is InChI=1S/C19H30N2O3/c1-13(22)24-19-8-15-5-16(9-19)7-18(6-15,12-19)17(23)20-10-14-3-4-21(2)11-14/h14-16H,3-12H2,1-2H3,(H,20,23). The van der Waals surface area contributed by atoms with E-state index in [4.69, 9.17) is 4.74 Å². The van der Waals surface area contributed by atoms with E-state index in [9.17, 15) is 9.59 Å². The Balaban J connectivity index is 1.45. The molecule has 5 rings (SSSR count). The fraction of sp³-hybridized carbons (Fsp3) is 0.895. The van der Waals surface area contributed by atoms with Crippen LogP contribution >= 0.6 is 0 Å². The average Bonchev–Trinajstić information content (AvgIpc) is 2.87. The van der Waals surface area contributed by atoms with Crippen molar-refractivity contribution in [3.8, 4) is 0 Å². The van der Waals surface area contributed by atoms with Crippen molar-refractivity contribution in [2.75, 3.05) is 26.7 Å². The summed E-state index contributed by atoms with van der Waals surface area (Å²) in [5.74, 6) is 1.71. The molecule has 5 heteroatoms. The number of ether oxygens (including phenoxy) is 1.